The molecular weight excluding hydrogens is 266 g/mol. The van der Waals surface area contributed by atoms with Crippen LogP contribution in [0.1, 0.15) is 32.3 Å². The van der Waals surface area contributed by atoms with Gasteiger partial charge >= 0.3 is 0 Å². The van der Waals surface area contributed by atoms with Crippen LogP contribution in [-0.2, 0) is 10.2 Å². The topological polar surface area (TPSA) is 105 Å². The SMILES string of the molecule is CCC(CC)Oc1cccc(NS(N)(=O)=O)c1C#N. The van der Waals surface area contributed by atoms with Crippen LogP contribution in [0.2, 0.25) is 0 Å². The van der Waals surface area contributed by atoms with Crippen molar-refractivity contribution in [1.82, 2.24) is 0 Å². The van der Waals surface area contributed by atoms with Gasteiger partial charge in [-0.25, -0.2) is 5.14 Å². The summed E-state index contributed by atoms with van der Waals surface area (Å²) >= 11 is 0. The van der Waals surface area contributed by atoms with Crippen LogP contribution in [0.3, 0.4) is 0 Å². The van der Waals surface area contributed by atoms with Crippen molar-refractivity contribution < 1.29 is 13.2 Å². The van der Waals surface area contributed by atoms with Crippen molar-refractivity contribution in [2.75, 3.05) is 4.72 Å². The summed E-state index contributed by atoms with van der Waals surface area (Å²) in [6.45, 7) is 3.96. The number of hydrogen-bond donors (Lipinski definition) is 2. The molecule has 0 saturated heterocycles. The van der Waals surface area contributed by atoms with Gasteiger partial charge < -0.3 is 4.74 Å². The van der Waals surface area contributed by atoms with Crippen molar-refractivity contribution >= 4 is 15.9 Å². The number of nitrogens with one attached hydrogen (secondary N) is 1. The summed E-state index contributed by atoms with van der Waals surface area (Å²) in [5.41, 5.74) is 0.247. The lowest BCUT2D eigenvalue weighted by Crippen LogP contribution is -2.22. The molecule has 0 amide bonds. The lowest BCUT2D eigenvalue weighted by molar-refractivity contribution is 0.192. The molecular formula is C12H17N3O3S. The third kappa shape index (κ3) is 4.43. The molecule has 0 radical (unpaired) electrons. The highest BCUT2D eigenvalue weighted by Gasteiger charge is 2.15. The first-order chi connectivity index (χ1) is 8.91. The van der Waals surface area contributed by atoms with Gasteiger partial charge in [0.25, 0.3) is 10.2 Å². The van der Waals surface area contributed by atoms with Crippen LogP contribution >= 0.6 is 0 Å². The second-order valence-corrected chi connectivity index (χ2v) is 5.29. The van der Waals surface area contributed by atoms with Gasteiger partial charge in [0.1, 0.15) is 17.4 Å². The van der Waals surface area contributed by atoms with Gasteiger partial charge in [-0.2, -0.15) is 13.7 Å². The van der Waals surface area contributed by atoms with E-state index in [2.05, 4.69) is 4.72 Å². The Labute approximate surface area is 113 Å². The average molecular weight is 283 g/mol. The number of nitrogens with two attached hydrogens (primary N) is 1. The maximum atomic E-state index is 11.0. The van der Waals surface area contributed by atoms with Gasteiger partial charge in [0, 0.05) is 0 Å². The Hall–Kier alpha value is -1.78. The first kappa shape index (κ1) is 15.3. The lowest BCUT2D eigenvalue weighted by atomic mass is 10.1. The first-order valence-electron chi connectivity index (χ1n) is 5.91. The Morgan fingerprint density at radius 2 is 2.05 bits per heavy atom. The van der Waals surface area contributed by atoms with E-state index in [0.717, 1.165) is 12.8 Å². The fourth-order valence-corrected chi connectivity index (χ4v) is 2.09. The second kappa shape index (κ2) is 6.41. The third-order valence-corrected chi connectivity index (χ3v) is 3.10. The van der Waals surface area contributed by atoms with Crippen molar-refractivity contribution in [3.8, 4) is 11.8 Å². The Kier molecular flexibility index (Phi) is 5.15. The largest absolute Gasteiger partial charge is 0.489 e. The van der Waals surface area contributed by atoms with Crippen LogP contribution in [0.5, 0.6) is 5.75 Å². The van der Waals surface area contributed by atoms with Gasteiger partial charge in [0.05, 0.1) is 11.8 Å². The molecule has 0 spiro atoms. The van der Waals surface area contributed by atoms with E-state index in [0.29, 0.717) is 5.75 Å². The van der Waals surface area contributed by atoms with Gasteiger partial charge in [-0.1, -0.05) is 19.9 Å². The van der Waals surface area contributed by atoms with Gasteiger partial charge in [-0.05, 0) is 25.0 Å². The molecule has 0 heterocycles. The minimum Gasteiger partial charge on any atom is -0.489 e. The molecule has 104 valence electrons. The fourth-order valence-electron chi connectivity index (χ4n) is 1.62. The predicted octanol–water partition coefficient (Wildman–Crippen LogP) is 1.74. The Morgan fingerprint density at radius 3 is 2.53 bits per heavy atom. The van der Waals surface area contributed by atoms with E-state index in [1.165, 1.54) is 6.07 Å². The number of ether oxygens (including phenoxy) is 1. The minimum atomic E-state index is -3.92. The molecule has 0 bridgehead atoms. The number of hydrogen-bond acceptors (Lipinski definition) is 4. The molecule has 0 atom stereocenters. The van der Waals surface area contributed by atoms with Gasteiger partial charge in [0.2, 0.25) is 0 Å². The summed E-state index contributed by atoms with van der Waals surface area (Å²) in [6.07, 6.45) is 1.58. The first-order valence-corrected chi connectivity index (χ1v) is 7.46. The molecule has 1 rings (SSSR count). The Bertz CT molecular complexity index is 574. The molecule has 3 N–H and O–H groups in total. The second-order valence-electron chi connectivity index (χ2n) is 3.99. The number of anilines is 1. The zero-order valence-electron chi connectivity index (χ0n) is 10.9. The lowest BCUT2D eigenvalue weighted by Gasteiger charge is -2.17. The summed E-state index contributed by atoms with van der Waals surface area (Å²) < 4.78 is 29.9. The van der Waals surface area contributed by atoms with Crippen molar-refractivity contribution in [2.24, 2.45) is 5.14 Å². The summed E-state index contributed by atoms with van der Waals surface area (Å²) in [7, 11) is -3.92. The third-order valence-electron chi connectivity index (χ3n) is 2.59. The maximum Gasteiger partial charge on any atom is 0.296 e. The van der Waals surface area contributed by atoms with Gasteiger partial charge in [0.15, 0.2) is 0 Å². The number of nitrogens with zero attached hydrogens (tertiary/aromatic N) is 1. The number of benzene rings is 1. The molecule has 0 unspecified atom stereocenters. The van der Waals surface area contributed by atoms with Crippen LogP contribution in [-0.4, -0.2) is 14.5 Å². The molecule has 19 heavy (non-hydrogen) atoms. The van der Waals surface area contributed by atoms with E-state index in [4.69, 9.17) is 15.1 Å². The van der Waals surface area contributed by atoms with E-state index in [-0.39, 0.29) is 17.4 Å². The van der Waals surface area contributed by atoms with Crippen LogP contribution in [0.25, 0.3) is 0 Å². The molecule has 0 aliphatic carbocycles. The Balaban J connectivity index is 3.14. The maximum absolute atomic E-state index is 11.0. The quantitative estimate of drug-likeness (QED) is 0.829. The minimum absolute atomic E-state index is 0.0168. The van der Waals surface area contributed by atoms with E-state index >= 15 is 0 Å². The summed E-state index contributed by atoms with van der Waals surface area (Å²) in [4.78, 5) is 0. The fraction of sp³-hybridized carbons (Fsp3) is 0.417. The predicted molar refractivity (Wildman–Crippen MR) is 72.9 cm³/mol. The highest BCUT2D eigenvalue weighted by Crippen LogP contribution is 2.27. The molecule has 0 fully saturated rings. The molecule has 0 saturated carbocycles. The monoisotopic (exact) mass is 283 g/mol. The van der Waals surface area contributed by atoms with E-state index in [1.54, 1.807) is 12.1 Å². The van der Waals surface area contributed by atoms with Crippen molar-refractivity contribution in [2.45, 2.75) is 32.8 Å². The summed E-state index contributed by atoms with van der Waals surface area (Å²) in [6, 6.07) is 6.63. The van der Waals surface area contributed by atoms with Crippen LogP contribution in [0.15, 0.2) is 18.2 Å². The van der Waals surface area contributed by atoms with Crippen LogP contribution < -0.4 is 14.6 Å². The normalized spacial score (nSPS) is 11.1. The molecule has 0 aliphatic heterocycles. The highest BCUT2D eigenvalue weighted by molar-refractivity contribution is 7.90. The van der Waals surface area contributed by atoms with Crippen molar-refractivity contribution in [3.05, 3.63) is 23.8 Å². The Morgan fingerprint density at radius 1 is 1.42 bits per heavy atom. The van der Waals surface area contributed by atoms with E-state index in [1.807, 2.05) is 19.9 Å². The molecule has 7 heteroatoms. The van der Waals surface area contributed by atoms with Crippen LogP contribution in [0, 0.1) is 11.3 Å². The zero-order valence-corrected chi connectivity index (χ0v) is 11.7. The van der Waals surface area contributed by atoms with E-state index < -0.39 is 10.2 Å². The number of nitriles is 1. The molecule has 0 aromatic heterocycles. The van der Waals surface area contributed by atoms with Crippen molar-refractivity contribution in [1.29, 1.82) is 5.26 Å². The zero-order chi connectivity index (χ0) is 14.5. The smallest absolute Gasteiger partial charge is 0.296 e. The molecule has 6 nitrogen and oxygen atoms in total. The standard InChI is InChI=1S/C12H17N3O3S/c1-3-9(4-2)18-12-7-5-6-11(10(12)8-13)15-19(14,16)17/h5-7,9,15H,3-4H2,1-2H3,(H2,14,16,17). The molecule has 1 aromatic rings. The van der Waals surface area contributed by atoms with Crippen molar-refractivity contribution in [3.63, 3.8) is 0 Å². The summed E-state index contributed by atoms with van der Waals surface area (Å²) in [5.74, 6) is 0.352. The van der Waals surface area contributed by atoms with E-state index in [9.17, 15) is 8.42 Å². The summed E-state index contributed by atoms with van der Waals surface area (Å²) in [5, 5.41) is 14.1. The molecule has 0 aliphatic rings. The number of rotatable bonds is 6. The van der Waals surface area contributed by atoms with Gasteiger partial charge in [-0.3, -0.25) is 4.72 Å². The van der Waals surface area contributed by atoms with Crippen LogP contribution in [0.4, 0.5) is 5.69 Å². The molecule has 1 aromatic carbocycles. The average Bonchev–Trinajstić information content (AvgIpc) is 2.34. The van der Waals surface area contributed by atoms with Gasteiger partial charge in [-0.15, -0.1) is 0 Å². The highest BCUT2D eigenvalue weighted by atomic mass is 32.2.